The van der Waals surface area contributed by atoms with Gasteiger partial charge in [0.15, 0.2) is 6.61 Å². The van der Waals surface area contributed by atoms with E-state index in [9.17, 15) is 28.1 Å². The lowest BCUT2D eigenvalue weighted by Gasteiger charge is -2.19. The van der Waals surface area contributed by atoms with Gasteiger partial charge >= 0.3 is 6.18 Å². The van der Waals surface area contributed by atoms with Crippen LogP contribution in [0.1, 0.15) is 24.2 Å². The molecule has 0 aliphatic carbocycles. The van der Waals surface area contributed by atoms with Gasteiger partial charge in [-0.1, -0.05) is 0 Å². The van der Waals surface area contributed by atoms with Crippen molar-refractivity contribution in [3.63, 3.8) is 0 Å². The van der Waals surface area contributed by atoms with Crippen LogP contribution in [0.25, 0.3) is 0 Å². The molecule has 1 aromatic carbocycles. The van der Waals surface area contributed by atoms with E-state index in [0.717, 1.165) is 18.2 Å². The number of nitrogens with two attached hydrogens (primary N) is 1. The maximum Gasteiger partial charge on any atom is 0.422 e. The third kappa shape index (κ3) is 6.51. The maximum absolute atomic E-state index is 12.1. The first-order chi connectivity index (χ1) is 10.4. The summed E-state index contributed by atoms with van der Waals surface area (Å²) in [5.41, 5.74) is 3.98. The SMILES string of the molecule is CC(C)(N)CNC(=O)c1cc(OCC(F)(F)F)ccc1[N+](=O)[O-]. The van der Waals surface area contributed by atoms with Crippen LogP contribution in [0.15, 0.2) is 18.2 Å². The zero-order valence-corrected chi connectivity index (χ0v) is 12.4. The molecule has 0 radical (unpaired) electrons. The number of halogens is 3. The number of ether oxygens (including phenoxy) is 1. The van der Waals surface area contributed by atoms with Crippen LogP contribution in [0, 0.1) is 10.1 Å². The second-order valence-corrected chi connectivity index (χ2v) is 5.51. The molecule has 128 valence electrons. The molecule has 3 N–H and O–H groups in total. The second kappa shape index (κ2) is 6.82. The number of rotatable bonds is 6. The van der Waals surface area contributed by atoms with Crippen molar-refractivity contribution in [2.45, 2.75) is 25.6 Å². The normalized spacial score (nSPS) is 11.9. The number of amides is 1. The molecule has 10 heteroatoms. The summed E-state index contributed by atoms with van der Waals surface area (Å²) in [7, 11) is 0. The molecule has 23 heavy (non-hydrogen) atoms. The Balaban J connectivity index is 3.01. The molecule has 0 unspecified atom stereocenters. The molecule has 0 saturated heterocycles. The molecule has 0 aromatic heterocycles. The first-order valence-corrected chi connectivity index (χ1v) is 6.44. The summed E-state index contributed by atoms with van der Waals surface area (Å²) in [6.07, 6.45) is -4.56. The molecular formula is C13H16F3N3O4. The Morgan fingerprint density at radius 2 is 2.00 bits per heavy atom. The number of carbonyl (C=O) groups is 1. The van der Waals surface area contributed by atoms with E-state index >= 15 is 0 Å². The predicted octanol–water partition coefficient (Wildman–Crippen LogP) is 2.00. The molecular weight excluding hydrogens is 319 g/mol. The van der Waals surface area contributed by atoms with Gasteiger partial charge in [0, 0.05) is 18.2 Å². The van der Waals surface area contributed by atoms with Crippen molar-refractivity contribution in [1.82, 2.24) is 5.32 Å². The van der Waals surface area contributed by atoms with Gasteiger partial charge in [0.1, 0.15) is 11.3 Å². The van der Waals surface area contributed by atoms with E-state index < -0.39 is 40.4 Å². The largest absolute Gasteiger partial charge is 0.484 e. The van der Waals surface area contributed by atoms with Crippen molar-refractivity contribution < 1.29 is 27.6 Å². The summed E-state index contributed by atoms with van der Waals surface area (Å²) < 4.78 is 40.9. The number of nitro benzene ring substituents is 1. The Hall–Kier alpha value is -2.36. The van der Waals surface area contributed by atoms with E-state index in [0.29, 0.717) is 0 Å². The van der Waals surface area contributed by atoms with Crippen LogP contribution in [-0.4, -0.2) is 35.7 Å². The molecule has 1 aromatic rings. The maximum atomic E-state index is 12.1. The van der Waals surface area contributed by atoms with E-state index in [1.54, 1.807) is 13.8 Å². The number of hydrogen-bond donors (Lipinski definition) is 2. The van der Waals surface area contributed by atoms with Crippen LogP contribution < -0.4 is 15.8 Å². The summed E-state index contributed by atoms with van der Waals surface area (Å²) >= 11 is 0. The van der Waals surface area contributed by atoms with Gasteiger partial charge in [-0.15, -0.1) is 0 Å². The molecule has 7 nitrogen and oxygen atoms in total. The quantitative estimate of drug-likeness (QED) is 0.611. The summed E-state index contributed by atoms with van der Waals surface area (Å²) in [6, 6.07) is 2.80. The van der Waals surface area contributed by atoms with Gasteiger partial charge in [0.25, 0.3) is 11.6 Å². The van der Waals surface area contributed by atoms with E-state index in [1.165, 1.54) is 0 Å². The molecule has 0 heterocycles. The number of alkyl halides is 3. The number of nitrogens with zero attached hydrogens (tertiary/aromatic N) is 1. The zero-order chi connectivity index (χ0) is 17.8. The van der Waals surface area contributed by atoms with Gasteiger partial charge < -0.3 is 15.8 Å². The van der Waals surface area contributed by atoms with Crippen molar-refractivity contribution in [3.05, 3.63) is 33.9 Å². The fourth-order valence-electron chi connectivity index (χ4n) is 1.51. The Kier molecular flexibility index (Phi) is 5.54. The molecule has 0 aliphatic heterocycles. The molecule has 0 atom stereocenters. The van der Waals surface area contributed by atoms with Crippen molar-refractivity contribution in [2.24, 2.45) is 5.73 Å². The monoisotopic (exact) mass is 335 g/mol. The highest BCUT2D eigenvalue weighted by molar-refractivity contribution is 5.98. The van der Waals surface area contributed by atoms with E-state index in [1.807, 2.05) is 0 Å². The number of hydrogen-bond acceptors (Lipinski definition) is 5. The highest BCUT2D eigenvalue weighted by Crippen LogP contribution is 2.25. The number of benzene rings is 1. The highest BCUT2D eigenvalue weighted by Gasteiger charge is 2.29. The Labute approximate surface area is 129 Å². The molecule has 0 fully saturated rings. The van der Waals surface area contributed by atoms with Crippen molar-refractivity contribution in [3.8, 4) is 5.75 Å². The number of nitro groups is 1. The first-order valence-electron chi connectivity index (χ1n) is 6.44. The summed E-state index contributed by atoms with van der Waals surface area (Å²) in [5.74, 6) is -1.13. The van der Waals surface area contributed by atoms with Crippen LogP contribution in [0.3, 0.4) is 0 Å². The zero-order valence-electron chi connectivity index (χ0n) is 12.4. The highest BCUT2D eigenvalue weighted by atomic mass is 19.4. The van der Waals surface area contributed by atoms with Gasteiger partial charge in [-0.25, -0.2) is 0 Å². The molecule has 1 rings (SSSR count). The molecule has 0 saturated carbocycles. The summed E-state index contributed by atoms with van der Waals surface area (Å²) in [5, 5.41) is 13.3. The van der Waals surface area contributed by atoms with Gasteiger partial charge in [-0.3, -0.25) is 14.9 Å². The molecule has 0 bridgehead atoms. The fraction of sp³-hybridized carbons (Fsp3) is 0.462. The van der Waals surface area contributed by atoms with Crippen molar-refractivity contribution in [1.29, 1.82) is 0 Å². The number of carbonyl (C=O) groups excluding carboxylic acids is 1. The third-order valence-corrected chi connectivity index (χ3v) is 2.52. The topological polar surface area (TPSA) is 107 Å². The van der Waals surface area contributed by atoms with Crippen molar-refractivity contribution in [2.75, 3.05) is 13.2 Å². The molecule has 1 amide bonds. The molecule has 0 aliphatic rings. The van der Waals surface area contributed by atoms with E-state index in [2.05, 4.69) is 10.1 Å². The van der Waals surface area contributed by atoms with E-state index in [-0.39, 0.29) is 12.3 Å². The first kappa shape index (κ1) is 18.7. The fourth-order valence-corrected chi connectivity index (χ4v) is 1.51. The van der Waals surface area contributed by atoms with Crippen LogP contribution >= 0.6 is 0 Å². The lowest BCUT2D eigenvalue weighted by atomic mass is 10.1. The lowest BCUT2D eigenvalue weighted by Crippen LogP contribution is -2.45. The van der Waals surface area contributed by atoms with Crippen LogP contribution in [-0.2, 0) is 0 Å². The van der Waals surface area contributed by atoms with Crippen LogP contribution in [0.4, 0.5) is 18.9 Å². The smallest absolute Gasteiger partial charge is 0.422 e. The standard InChI is InChI=1S/C13H16F3N3O4/c1-12(2,17)6-18-11(20)9-5-8(23-7-13(14,15)16)3-4-10(9)19(21)22/h3-5H,6-7,17H2,1-2H3,(H,18,20). The van der Waals surface area contributed by atoms with Gasteiger partial charge in [-0.2, -0.15) is 13.2 Å². The minimum Gasteiger partial charge on any atom is -0.484 e. The second-order valence-electron chi connectivity index (χ2n) is 5.51. The van der Waals surface area contributed by atoms with Crippen molar-refractivity contribution >= 4 is 11.6 Å². The summed E-state index contributed by atoms with van der Waals surface area (Å²) in [6.45, 7) is 1.72. The Bertz CT molecular complexity index is 597. The predicted molar refractivity (Wildman–Crippen MR) is 75.2 cm³/mol. The molecule has 0 spiro atoms. The number of nitrogens with one attached hydrogen (secondary N) is 1. The average Bonchev–Trinajstić information content (AvgIpc) is 2.40. The average molecular weight is 335 g/mol. The van der Waals surface area contributed by atoms with E-state index in [4.69, 9.17) is 5.73 Å². The van der Waals surface area contributed by atoms with Gasteiger partial charge in [-0.05, 0) is 26.0 Å². The lowest BCUT2D eigenvalue weighted by molar-refractivity contribution is -0.385. The van der Waals surface area contributed by atoms with Gasteiger partial charge in [0.05, 0.1) is 4.92 Å². The van der Waals surface area contributed by atoms with Crippen LogP contribution in [0.5, 0.6) is 5.75 Å². The summed E-state index contributed by atoms with van der Waals surface area (Å²) in [4.78, 5) is 22.1. The minimum atomic E-state index is -4.56. The minimum absolute atomic E-state index is 0.0244. The Morgan fingerprint density at radius 1 is 1.39 bits per heavy atom. The third-order valence-electron chi connectivity index (χ3n) is 2.52. The van der Waals surface area contributed by atoms with Crippen LogP contribution in [0.2, 0.25) is 0 Å². The Morgan fingerprint density at radius 3 is 2.48 bits per heavy atom. The van der Waals surface area contributed by atoms with Gasteiger partial charge in [0.2, 0.25) is 0 Å².